The molecule has 1 aliphatic heterocycles. The van der Waals surface area contributed by atoms with E-state index >= 15 is 0 Å². The normalized spacial score (nSPS) is 19.9. The minimum absolute atomic E-state index is 0.156. The van der Waals surface area contributed by atoms with Crippen LogP contribution in [-0.4, -0.2) is 41.7 Å². The van der Waals surface area contributed by atoms with E-state index in [0.717, 1.165) is 28.5 Å². The van der Waals surface area contributed by atoms with Crippen molar-refractivity contribution >= 4 is 5.91 Å². The van der Waals surface area contributed by atoms with Crippen molar-refractivity contribution in [1.82, 2.24) is 4.90 Å². The van der Waals surface area contributed by atoms with Crippen molar-refractivity contribution in [2.24, 2.45) is 0 Å². The minimum atomic E-state index is -0.745. The van der Waals surface area contributed by atoms with Gasteiger partial charge in [-0.25, -0.2) is 4.39 Å². The van der Waals surface area contributed by atoms with Crippen LogP contribution in [0.4, 0.5) is 4.39 Å². The summed E-state index contributed by atoms with van der Waals surface area (Å²) in [5.74, 6) is -0.566. The quantitative estimate of drug-likeness (QED) is 0.683. The van der Waals surface area contributed by atoms with Gasteiger partial charge in [-0.2, -0.15) is 5.26 Å². The van der Waals surface area contributed by atoms with Crippen LogP contribution in [0.2, 0.25) is 0 Å². The Kier molecular flexibility index (Phi) is 5.70. The van der Waals surface area contributed by atoms with Crippen LogP contribution in [0.1, 0.15) is 21.8 Å². The second kappa shape index (κ2) is 8.58. The molecular weight excluding hydrogens is 395 g/mol. The van der Waals surface area contributed by atoms with Crippen molar-refractivity contribution in [3.63, 3.8) is 0 Å². The number of halogens is 1. The number of para-hydroxylation sites is 1. The number of hydrogen-bond donors (Lipinski definition) is 1. The van der Waals surface area contributed by atoms with E-state index in [1.807, 2.05) is 48.5 Å². The average Bonchev–Trinajstić information content (AvgIpc) is 2.79. The Balaban J connectivity index is 1.61. The third kappa shape index (κ3) is 3.65. The number of nitriles is 1. The van der Waals surface area contributed by atoms with Gasteiger partial charge >= 0.3 is 0 Å². The van der Waals surface area contributed by atoms with Crippen LogP contribution >= 0.6 is 0 Å². The number of aliphatic hydroxyl groups is 1. The fourth-order valence-corrected chi connectivity index (χ4v) is 4.23. The molecule has 1 fully saturated rings. The first-order chi connectivity index (χ1) is 15.1. The molecule has 4 rings (SSSR count). The van der Waals surface area contributed by atoms with Crippen molar-refractivity contribution in [2.45, 2.75) is 18.0 Å². The Morgan fingerprint density at radius 1 is 1.13 bits per heavy atom. The second-order valence-electron chi connectivity index (χ2n) is 7.39. The van der Waals surface area contributed by atoms with Gasteiger partial charge in [-0.05, 0) is 35.4 Å². The molecule has 1 heterocycles. The molecule has 6 heteroatoms. The molecule has 3 atom stereocenters. The van der Waals surface area contributed by atoms with Crippen LogP contribution in [0.5, 0.6) is 5.75 Å². The lowest BCUT2D eigenvalue weighted by atomic mass is 9.75. The van der Waals surface area contributed by atoms with Crippen LogP contribution in [-0.2, 0) is 0 Å². The summed E-state index contributed by atoms with van der Waals surface area (Å²) in [5, 5.41) is 19.7. The Bertz CT molecular complexity index is 1140. The lowest BCUT2D eigenvalue weighted by Gasteiger charge is -2.51. The minimum Gasteiger partial charge on any atom is -0.496 e. The summed E-state index contributed by atoms with van der Waals surface area (Å²) in [6, 6.07) is 21.6. The van der Waals surface area contributed by atoms with Gasteiger partial charge < -0.3 is 14.7 Å². The van der Waals surface area contributed by atoms with Crippen molar-refractivity contribution in [1.29, 1.82) is 5.26 Å². The zero-order valence-corrected chi connectivity index (χ0v) is 16.9. The van der Waals surface area contributed by atoms with Gasteiger partial charge in [-0.1, -0.05) is 48.5 Å². The zero-order chi connectivity index (χ0) is 22.0. The number of ether oxygens (including phenoxy) is 1. The SMILES string of the molecule is COc1ccccc1-c1ccc([C@@H]2[C@@H](C#N)N(C(=O)c3cccc(F)c3)[C@@H]2CO)cc1. The van der Waals surface area contributed by atoms with Crippen LogP contribution in [0.3, 0.4) is 0 Å². The Morgan fingerprint density at radius 2 is 1.87 bits per heavy atom. The van der Waals surface area contributed by atoms with Gasteiger partial charge in [-0.3, -0.25) is 4.79 Å². The third-order valence-corrected chi connectivity index (χ3v) is 5.75. The molecule has 0 unspecified atom stereocenters. The van der Waals surface area contributed by atoms with E-state index in [0.29, 0.717) is 0 Å². The number of amides is 1. The number of nitrogens with zero attached hydrogens (tertiary/aromatic N) is 2. The summed E-state index contributed by atoms with van der Waals surface area (Å²) in [7, 11) is 1.62. The number of rotatable bonds is 5. The highest BCUT2D eigenvalue weighted by molar-refractivity contribution is 5.96. The molecule has 1 saturated heterocycles. The standard InChI is InChI=1S/C25H21FN2O3/c1-31-23-8-3-2-7-20(23)16-9-11-17(12-10-16)24-21(14-27)28(22(24)15-29)25(30)18-5-4-6-19(26)13-18/h2-13,21-22,24,29H,15H2,1H3/t21-,22-,24-/m1/s1. The van der Waals surface area contributed by atoms with Crippen molar-refractivity contribution in [3.8, 4) is 22.9 Å². The molecule has 3 aromatic rings. The summed E-state index contributed by atoms with van der Waals surface area (Å²) < 4.78 is 19.0. The highest BCUT2D eigenvalue weighted by atomic mass is 19.1. The predicted octanol–water partition coefficient (Wildman–Crippen LogP) is 3.99. The van der Waals surface area contributed by atoms with E-state index in [2.05, 4.69) is 6.07 Å². The van der Waals surface area contributed by atoms with E-state index in [1.54, 1.807) is 7.11 Å². The predicted molar refractivity (Wildman–Crippen MR) is 114 cm³/mol. The molecule has 1 aliphatic rings. The molecule has 156 valence electrons. The first kappa shape index (κ1) is 20.6. The van der Waals surface area contributed by atoms with E-state index in [4.69, 9.17) is 4.74 Å². The molecule has 0 aliphatic carbocycles. The first-order valence-corrected chi connectivity index (χ1v) is 9.91. The molecule has 0 bridgehead atoms. The number of hydrogen-bond acceptors (Lipinski definition) is 4. The highest BCUT2D eigenvalue weighted by Gasteiger charge is 2.51. The van der Waals surface area contributed by atoms with Gasteiger partial charge in [0.1, 0.15) is 17.6 Å². The van der Waals surface area contributed by atoms with Crippen LogP contribution < -0.4 is 4.74 Å². The van der Waals surface area contributed by atoms with Gasteiger partial charge in [-0.15, -0.1) is 0 Å². The Morgan fingerprint density at radius 3 is 2.52 bits per heavy atom. The average molecular weight is 416 g/mol. The summed E-state index contributed by atoms with van der Waals surface area (Å²) in [5.41, 5.74) is 2.92. The van der Waals surface area contributed by atoms with Gasteiger partial charge in [0.05, 0.1) is 25.8 Å². The van der Waals surface area contributed by atoms with Crippen molar-refractivity contribution in [2.75, 3.05) is 13.7 Å². The first-order valence-electron chi connectivity index (χ1n) is 9.91. The molecule has 0 spiro atoms. The highest BCUT2D eigenvalue weighted by Crippen LogP contribution is 2.42. The summed E-state index contributed by atoms with van der Waals surface area (Å²) in [6.45, 7) is -0.293. The fourth-order valence-electron chi connectivity index (χ4n) is 4.23. The third-order valence-electron chi connectivity index (χ3n) is 5.75. The molecule has 1 amide bonds. The summed E-state index contributed by atoms with van der Waals surface area (Å²) in [6.07, 6.45) is 0. The maximum Gasteiger partial charge on any atom is 0.255 e. The largest absolute Gasteiger partial charge is 0.496 e. The summed E-state index contributed by atoms with van der Waals surface area (Å²) in [4.78, 5) is 14.2. The zero-order valence-electron chi connectivity index (χ0n) is 16.9. The number of methoxy groups -OCH3 is 1. The molecule has 0 saturated carbocycles. The Labute approximate surface area is 179 Å². The number of carbonyl (C=O) groups is 1. The molecule has 0 aromatic heterocycles. The fraction of sp³-hybridized carbons (Fsp3) is 0.200. The lowest BCUT2D eigenvalue weighted by molar-refractivity contribution is -0.00587. The van der Waals surface area contributed by atoms with Crippen LogP contribution in [0.15, 0.2) is 72.8 Å². The van der Waals surface area contributed by atoms with E-state index in [-0.39, 0.29) is 18.1 Å². The van der Waals surface area contributed by atoms with Gasteiger partial charge in [0, 0.05) is 17.0 Å². The number of benzene rings is 3. The van der Waals surface area contributed by atoms with Crippen LogP contribution in [0, 0.1) is 17.1 Å². The number of likely N-dealkylation sites (tertiary alicyclic amines) is 1. The molecule has 31 heavy (non-hydrogen) atoms. The topological polar surface area (TPSA) is 73.6 Å². The molecule has 0 radical (unpaired) electrons. The number of carbonyl (C=O) groups excluding carboxylic acids is 1. The van der Waals surface area contributed by atoms with Gasteiger partial charge in [0.25, 0.3) is 5.91 Å². The Hall–Kier alpha value is -3.69. The monoisotopic (exact) mass is 416 g/mol. The molecular formula is C25H21FN2O3. The van der Waals surface area contributed by atoms with E-state index in [1.165, 1.54) is 23.1 Å². The van der Waals surface area contributed by atoms with Crippen molar-refractivity contribution < 1.29 is 19.0 Å². The van der Waals surface area contributed by atoms with Gasteiger partial charge in [0.15, 0.2) is 0 Å². The molecule has 3 aromatic carbocycles. The van der Waals surface area contributed by atoms with Crippen molar-refractivity contribution in [3.05, 3.63) is 89.7 Å². The summed E-state index contributed by atoms with van der Waals surface area (Å²) >= 11 is 0. The second-order valence-corrected chi connectivity index (χ2v) is 7.39. The van der Waals surface area contributed by atoms with Gasteiger partial charge in [0.2, 0.25) is 0 Å². The van der Waals surface area contributed by atoms with Crippen LogP contribution in [0.25, 0.3) is 11.1 Å². The van der Waals surface area contributed by atoms with E-state index < -0.39 is 23.8 Å². The molecule has 1 N–H and O–H groups in total. The molecule has 5 nitrogen and oxygen atoms in total. The maximum absolute atomic E-state index is 13.6. The maximum atomic E-state index is 13.6. The van der Waals surface area contributed by atoms with E-state index in [9.17, 15) is 19.6 Å². The smallest absolute Gasteiger partial charge is 0.255 e. The lowest BCUT2D eigenvalue weighted by Crippen LogP contribution is -2.65. The number of aliphatic hydroxyl groups excluding tert-OH is 1.